The molecule has 1 unspecified atom stereocenters. The summed E-state index contributed by atoms with van der Waals surface area (Å²) in [5.74, 6) is 2.96. The molecule has 1 aromatic heterocycles. The Morgan fingerprint density at radius 1 is 1.37 bits per heavy atom. The fourth-order valence-corrected chi connectivity index (χ4v) is 2.45. The Bertz CT molecular complexity index is 407. The Balaban J connectivity index is 2.11. The van der Waals surface area contributed by atoms with Crippen LogP contribution in [0.1, 0.15) is 39.5 Å². The van der Waals surface area contributed by atoms with E-state index in [4.69, 9.17) is 5.73 Å². The van der Waals surface area contributed by atoms with E-state index in [1.165, 1.54) is 19.3 Å². The Morgan fingerprint density at radius 3 is 3.00 bits per heavy atom. The lowest BCUT2D eigenvalue weighted by Gasteiger charge is -2.22. The number of nitrogens with one attached hydrogen (secondary N) is 1. The van der Waals surface area contributed by atoms with Crippen molar-refractivity contribution in [1.82, 2.24) is 9.97 Å². The van der Waals surface area contributed by atoms with Crippen LogP contribution in [0.3, 0.4) is 0 Å². The molecule has 3 N–H and O–H groups in total. The lowest BCUT2D eigenvalue weighted by molar-refractivity contribution is 0.521. The van der Waals surface area contributed by atoms with Gasteiger partial charge in [-0.05, 0) is 31.6 Å². The van der Waals surface area contributed by atoms with Crippen molar-refractivity contribution in [1.29, 1.82) is 0 Å². The highest BCUT2D eigenvalue weighted by molar-refractivity contribution is 5.52. The molecular weight excluding hydrogens is 238 g/mol. The molecule has 1 aliphatic rings. The minimum Gasteiger partial charge on any atom is -0.370 e. The largest absolute Gasteiger partial charge is 0.370 e. The summed E-state index contributed by atoms with van der Waals surface area (Å²) in [5, 5.41) is 3.28. The van der Waals surface area contributed by atoms with Crippen LogP contribution in [0.4, 0.5) is 17.6 Å². The second kappa shape index (κ2) is 6.59. The summed E-state index contributed by atoms with van der Waals surface area (Å²) >= 11 is 0. The first-order valence-corrected chi connectivity index (χ1v) is 7.32. The van der Waals surface area contributed by atoms with Crippen LogP contribution in [-0.4, -0.2) is 29.6 Å². The van der Waals surface area contributed by atoms with Crippen molar-refractivity contribution in [2.45, 2.75) is 39.5 Å². The van der Waals surface area contributed by atoms with E-state index in [9.17, 15) is 0 Å². The number of hydrogen-bond donors (Lipinski definition) is 2. The van der Waals surface area contributed by atoms with E-state index < -0.39 is 0 Å². The zero-order valence-corrected chi connectivity index (χ0v) is 12.0. The van der Waals surface area contributed by atoms with Crippen LogP contribution in [0.25, 0.3) is 0 Å². The number of anilines is 3. The summed E-state index contributed by atoms with van der Waals surface area (Å²) in [6, 6.07) is 2.02. The Morgan fingerprint density at radius 2 is 2.21 bits per heavy atom. The maximum atomic E-state index is 5.82. The van der Waals surface area contributed by atoms with E-state index in [2.05, 4.69) is 34.0 Å². The molecule has 1 saturated heterocycles. The molecule has 2 heterocycles. The highest BCUT2D eigenvalue weighted by Crippen LogP contribution is 2.23. The van der Waals surface area contributed by atoms with Gasteiger partial charge in [-0.15, -0.1) is 0 Å². The number of nitrogens with two attached hydrogens (primary N) is 1. The Kier molecular flexibility index (Phi) is 4.82. The van der Waals surface area contributed by atoms with Gasteiger partial charge in [-0.25, -0.2) is 0 Å². The average molecular weight is 263 g/mol. The van der Waals surface area contributed by atoms with E-state index in [0.29, 0.717) is 5.95 Å². The van der Waals surface area contributed by atoms with Gasteiger partial charge in [0.05, 0.1) is 0 Å². The third-order valence-electron chi connectivity index (χ3n) is 3.63. The van der Waals surface area contributed by atoms with E-state index in [0.717, 1.165) is 43.6 Å². The Labute approximate surface area is 115 Å². The number of nitrogens with zero attached hydrogens (tertiary/aromatic N) is 3. The second-order valence-corrected chi connectivity index (χ2v) is 5.42. The zero-order valence-electron chi connectivity index (χ0n) is 12.0. The summed E-state index contributed by atoms with van der Waals surface area (Å²) in [4.78, 5) is 11.0. The minimum atomic E-state index is 0.355. The summed E-state index contributed by atoms with van der Waals surface area (Å²) in [7, 11) is 0. The minimum absolute atomic E-state index is 0.355. The van der Waals surface area contributed by atoms with Gasteiger partial charge in [-0.2, -0.15) is 9.97 Å². The highest BCUT2D eigenvalue weighted by atomic mass is 15.2. The van der Waals surface area contributed by atoms with Crippen molar-refractivity contribution in [3.05, 3.63) is 6.07 Å². The smallest absolute Gasteiger partial charge is 0.223 e. The van der Waals surface area contributed by atoms with Gasteiger partial charge in [-0.1, -0.05) is 13.8 Å². The normalized spacial score (nSPS) is 20.1. The number of hydrogen-bond acceptors (Lipinski definition) is 5. The van der Waals surface area contributed by atoms with Gasteiger partial charge >= 0.3 is 0 Å². The molecule has 1 aliphatic heterocycles. The van der Waals surface area contributed by atoms with Crippen molar-refractivity contribution < 1.29 is 0 Å². The van der Waals surface area contributed by atoms with Crippen LogP contribution in [0.5, 0.6) is 0 Å². The van der Waals surface area contributed by atoms with Crippen LogP contribution < -0.4 is 16.0 Å². The van der Waals surface area contributed by atoms with E-state index in [1.54, 1.807) is 0 Å². The maximum absolute atomic E-state index is 5.82. The first kappa shape index (κ1) is 13.9. The van der Waals surface area contributed by atoms with Crippen LogP contribution in [-0.2, 0) is 0 Å². The molecule has 5 heteroatoms. The van der Waals surface area contributed by atoms with Gasteiger partial charge in [0.15, 0.2) is 0 Å². The molecule has 0 radical (unpaired) electrons. The van der Waals surface area contributed by atoms with Crippen molar-refractivity contribution in [2.24, 2.45) is 5.92 Å². The fourth-order valence-electron chi connectivity index (χ4n) is 2.45. The number of rotatable bonds is 4. The van der Waals surface area contributed by atoms with Gasteiger partial charge in [-0.3, -0.25) is 0 Å². The van der Waals surface area contributed by atoms with Gasteiger partial charge in [0.2, 0.25) is 5.95 Å². The summed E-state index contributed by atoms with van der Waals surface area (Å²) in [6.07, 6.45) is 4.82. The summed E-state index contributed by atoms with van der Waals surface area (Å²) in [6.45, 7) is 7.49. The van der Waals surface area contributed by atoms with Crippen molar-refractivity contribution >= 4 is 17.6 Å². The lowest BCUT2D eigenvalue weighted by Crippen LogP contribution is -2.25. The predicted molar refractivity (Wildman–Crippen MR) is 80.5 cm³/mol. The van der Waals surface area contributed by atoms with Gasteiger partial charge < -0.3 is 16.0 Å². The molecule has 0 bridgehead atoms. The molecule has 0 aromatic carbocycles. The van der Waals surface area contributed by atoms with Crippen LogP contribution in [0.2, 0.25) is 0 Å². The monoisotopic (exact) mass is 263 g/mol. The molecular formula is C14H25N5. The summed E-state index contributed by atoms with van der Waals surface area (Å²) < 4.78 is 0. The van der Waals surface area contributed by atoms with Crippen LogP contribution >= 0.6 is 0 Å². The average Bonchev–Trinajstić information content (AvgIpc) is 2.60. The third kappa shape index (κ3) is 3.98. The predicted octanol–water partition coefficient (Wildman–Crippen LogP) is 2.51. The summed E-state index contributed by atoms with van der Waals surface area (Å²) in [5.41, 5.74) is 5.82. The molecule has 106 valence electrons. The Hall–Kier alpha value is -1.52. The van der Waals surface area contributed by atoms with Crippen molar-refractivity contribution in [3.63, 3.8) is 0 Å². The molecule has 2 rings (SSSR count). The molecule has 1 fully saturated rings. The number of aromatic nitrogens is 2. The second-order valence-electron chi connectivity index (χ2n) is 5.42. The van der Waals surface area contributed by atoms with E-state index in [1.807, 2.05) is 6.07 Å². The fraction of sp³-hybridized carbons (Fsp3) is 0.714. The molecule has 0 saturated carbocycles. The van der Waals surface area contributed by atoms with Gasteiger partial charge in [0.1, 0.15) is 11.6 Å². The lowest BCUT2D eigenvalue weighted by atomic mass is 10.0. The first-order valence-electron chi connectivity index (χ1n) is 7.32. The van der Waals surface area contributed by atoms with E-state index in [-0.39, 0.29) is 0 Å². The van der Waals surface area contributed by atoms with Crippen LogP contribution in [0.15, 0.2) is 6.07 Å². The third-order valence-corrected chi connectivity index (χ3v) is 3.63. The molecule has 0 amide bonds. The maximum Gasteiger partial charge on any atom is 0.223 e. The molecule has 5 nitrogen and oxygen atoms in total. The van der Waals surface area contributed by atoms with Crippen molar-refractivity contribution in [3.8, 4) is 0 Å². The highest BCUT2D eigenvalue weighted by Gasteiger charge is 2.16. The quantitative estimate of drug-likeness (QED) is 0.873. The zero-order chi connectivity index (χ0) is 13.7. The number of nitrogen functional groups attached to an aromatic ring is 1. The molecule has 1 atom stereocenters. The molecule has 19 heavy (non-hydrogen) atoms. The van der Waals surface area contributed by atoms with E-state index >= 15 is 0 Å². The standard InChI is InChI=1S/C14H25N5/c1-3-7-16-12-10-13(18-14(15)17-12)19-8-4-5-11(2)6-9-19/h10-11H,3-9H2,1-2H3,(H3,15,16,17,18). The molecule has 1 aromatic rings. The van der Waals surface area contributed by atoms with Crippen LogP contribution in [0, 0.1) is 5.92 Å². The molecule has 0 aliphatic carbocycles. The first-order chi connectivity index (χ1) is 9.19. The van der Waals surface area contributed by atoms with Gasteiger partial charge in [0.25, 0.3) is 0 Å². The van der Waals surface area contributed by atoms with Crippen molar-refractivity contribution in [2.75, 3.05) is 35.6 Å². The SMILES string of the molecule is CCCNc1cc(N2CCCC(C)CC2)nc(N)n1. The van der Waals surface area contributed by atoms with Gasteiger partial charge in [0, 0.05) is 25.7 Å². The molecule has 0 spiro atoms. The topological polar surface area (TPSA) is 67.1 Å².